The summed E-state index contributed by atoms with van der Waals surface area (Å²) in [6, 6.07) is -0.0534. The molecule has 0 aromatic heterocycles. The van der Waals surface area contributed by atoms with Crippen LogP contribution in [0.3, 0.4) is 0 Å². The Morgan fingerprint density at radius 2 is 2.12 bits per heavy atom. The van der Waals surface area contributed by atoms with Crippen molar-refractivity contribution < 1.29 is 13.2 Å². The molecule has 1 rings (SSSR count). The molecule has 1 N–H and O–H groups in total. The third-order valence-corrected chi connectivity index (χ3v) is 2.96. The number of alkyl halides is 3. The Morgan fingerprint density at radius 1 is 1.47 bits per heavy atom. The summed E-state index contributed by atoms with van der Waals surface area (Å²) in [6.45, 7) is 5.70. The van der Waals surface area contributed by atoms with Crippen LogP contribution in [-0.4, -0.2) is 12.2 Å². The largest absolute Gasteiger partial charge is 0.416 e. The molecule has 2 atom stereocenters. The summed E-state index contributed by atoms with van der Waals surface area (Å²) in [6.07, 6.45) is 2.42. The van der Waals surface area contributed by atoms with Gasteiger partial charge in [-0.15, -0.1) is 0 Å². The van der Waals surface area contributed by atoms with Crippen LogP contribution in [0.15, 0.2) is 35.6 Å². The number of rotatable bonds is 3. The van der Waals surface area contributed by atoms with E-state index in [4.69, 9.17) is 0 Å². The smallest absolute Gasteiger partial charge is 0.382 e. The first-order valence-electron chi connectivity index (χ1n) is 5.75. The molecule has 4 heteroatoms. The molecule has 0 heterocycles. The first kappa shape index (κ1) is 13.9. The van der Waals surface area contributed by atoms with Gasteiger partial charge in [0.15, 0.2) is 0 Å². The van der Waals surface area contributed by atoms with Gasteiger partial charge in [0.25, 0.3) is 0 Å². The highest BCUT2D eigenvalue weighted by atomic mass is 19.4. The van der Waals surface area contributed by atoms with Crippen LogP contribution in [0.4, 0.5) is 13.2 Å². The van der Waals surface area contributed by atoms with Gasteiger partial charge in [-0.25, -0.2) is 0 Å². The van der Waals surface area contributed by atoms with Gasteiger partial charge in [0.2, 0.25) is 0 Å². The predicted molar refractivity (Wildman–Crippen MR) is 63.4 cm³/mol. The molecule has 1 nitrogen and oxygen atoms in total. The van der Waals surface area contributed by atoms with Gasteiger partial charge < -0.3 is 5.32 Å². The van der Waals surface area contributed by atoms with E-state index >= 15 is 0 Å². The Hall–Kier alpha value is -1.19. The van der Waals surface area contributed by atoms with E-state index < -0.39 is 11.7 Å². The highest BCUT2D eigenvalue weighted by Crippen LogP contribution is 2.32. The number of nitrogens with one attached hydrogen (secondary N) is 1. The Morgan fingerprint density at radius 3 is 2.59 bits per heavy atom. The fraction of sp³-hybridized carbons (Fsp3) is 0.538. The first-order valence-corrected chi connectivity index (χ1v) is 5.75. The Kier molecular flexibility index (Phi) is 4.43. The van der Waals surface area contributed by atoms with Crippen LogP contribution < -0.4 is 5.32 Å². The third-order valence-electron chi connectivity index (χ3n) is 2.96. The second-order valence-electron chi connectivity index (χ2n) is 4.19. The predicted octanol–water partition coefficient (Wildman–Crippen LogP) is 3.95. The van der Waals surface area contributed by atoms with Crippen molar-refractivity contribution in [1.82, 2.24) is 5.32 Å². The lowest BCUT2D eigenvalue weighted by Crippen LogP contribution is -2.34. The number of hydrogen-bond acceptors (Lipinski definition) is 1. The van der Waals surface area contributed by atoms with E-state index in [1.54, 1.807) is 6.08 Å². The molecule has 0 aliphatic heterocycles. The summed E-state index contributed by atoms with van der Waals surface area (Å²) in [5.41, 5.74) is 0.433. The van der Waals surface area contributed by atoms with Crippen LogP contribution in [0.5, 0.6) is 0 Å². The molecule has 96 valence electrons. The number of allylic oxidation sites excluding steroid dienone is 4. The van der Waals surface area contributed by atoms with E-state index in [0.717, 1.165) is 11.8 Å². The molecule has 1 aliphatic rings. The molecule has 0 amide bonds. The topological polar surface area (TPSA) is 12.0 Å². The molecule has 0 saturated carbocycles. The normalized spacial score (nSPS) is 25.8. The Labute approximate surface area is 100 Å². The molecule has 0 spiro atoms. The van der Waals surface area contributed by atoms with Crippen molar-refractivity contribution in [1.29, 1.82) is 0 Å². The second kappa shape index (κ2) is 5.43. The highest BCUT2D eigenvalue weighted by Gasteiger charge is 2.35. The van der Waals surface area contributed by atoms with Gasteiger partial charge in [-0.05, 0) is 20.3 Å². The van der Waals surface area contributed by atoms with Crippen molar-refractivity contribution >= 4 is 0 Å². The molecule has 17 heavy (non-hydrogen) atoms. The van der Waals surface area contributed by atoms with Crippen LogP contribution in [0.1, 0.15) is 27.2 Å². The van der Waals surface area contributed by atoms with Crippen molar-refractivity contribution in [3.05, 3.63) is 35.6 Å². The second-order valence-corrected chi connectivity index (χ2v) is 4.19. The zero-order valence-corrected chi connectivity index (χ0v) is 10.3. The van der Waals surface area contributed by atoms with Crippen LogP contribution in [0.2, 0.25) is 0 Å². The Balaban J connectivity index is 2.83. The van der Waals surface area contributed by atoms with Crippen LogP contribution in [0.25, 0.3) is 0 Å². The standard InChI is InChI=1S/C13H18F3N/c1-4-9(3)17-12-7-6-11(13(14,15)16)8-10(12)5-2/h4,6-8,10,12,17H,5H2,1-3H3/b9-4-. The zero-order valence-electron chi connectivity index (χ0n) is 10.3. The van der Waals surface area contributed by atoms with Gasteiger partial charge in [-0.2, -0.15) is 13.2 Å². The molecule has 0 radical (unpaired) electrons. The maximum absolute atomic E-state index is 12.6. The molecule has 0 bridgehead atoms. The fourth-order valence-electron chi connectivity index (χ4n) is 1.80. The van der Waals surface area contributed by atoms with E-state index in [9.17, 15) is 13.2 Å². The molecular formula is C13H18F3N. The van der Waals surface area contributed by atoms with E-state index in [2.05, 4.69) is 5.32 Å². The van der Waals surface area contributed by atoms with Crippen LogP contribution in [-0.2, 0) is 0 Å². The summed E-state index contributed by atoms with van der Waals surface area (Å²) in [5.74, 6) is -0.119. The maximum atomic E-state index is 12.6. The van der Waals surface area contributed by atoms with Gasteiger partial charge >= 0.3 is 6.18 Å². The van der Waals surface area contributed by atoms with Crippen LogP contribution in [0, 0.1) is 5.92 Å². The molecule has 2 unspecified atom stereocenters. The third kappa shape index (κ3) is 3.65. The van der Waals surface area contributed by atoms with Gasteiger partial charge in [0.05, 0.1) is 11.6 Å². The molecule has 0 aromatic carbocycles. The Bertz CT molecular complexity index is 350. The fourth-order valence-corrected chi connectivity index (χ4v) is 1.80. The van der Waals surface area contributed by atoms with E-state index in [-0.39, 0.29) is 12.0 Å². The minimum absolute atomic E-state index is 0.0534. The lowest BCUT2D eigenvalue weighted by atomic mass is 9.89. The zero-order chi connectivity index (χ0) is 13.1. The molecule has 1 aliphatic carbocycles. The van der Waals surface area contributed by atoms with Crippen molar-refractivity contribution in [2.45, 2.75) is 39.4 Å². The molecule has 0 aromatic rings. The number of halogens is 3. The minimum Gasteiger partial charge on any atom is -0.382 e. The van der Waals surface area contributed by atoms with Gasteiger partial charge in [-0.1, -0.05) is 31.2 Å². The van der Waals surface area contributed by atoms with E-state index in [1.165, 1.54) is 6.08 Å². The summed E-state index contributed by atoms with van der Waals surface area (Å²) in [4.78, 5) is 0. The van der Waals surface area contributed by atoms with E-state index in [1.807, 2.05) is 26.8 Å². The lowest BCUT2D eigenvalue weighted by Gasteiger charge is -2.28. The van der Waals surface area contributed by atoms with Gasteiger partial charge in [0.1, 0.15) is 0 Å². The van der Waals surface area contributed by atoms with Crippen molar-refractivity contribution in [2.24, 2.45) is 5.92 Å². The highest BCUT2D eigenvalue weighted by molar-refractivity contribution is 5.31. The van der Waals surface area contributed by atoms with E-state index in [0.29, 0.717) is 6.42 Å². The monoisotopic (exact) mass is 245 g/mol. The summed E-state index contributed by atoms with van der Waals surface area (Å²) in [5, 5.41) is 3.20. The van der Waals surface area contributed by atoms with Crippen LogP contribution >= 0.6 is 0 Å². The van der Waals surface area contributed by atoms with Crippen molar-refractivity contribution in [3.8, 4) is 0 Å². The average molecular weight is 245 g/mol. The van der Waals surface area contributed by atoms with Gasteiger partial charge in [0, 0.05) is 11.6 Å². The quantitative estimate of drug-likeness (QED) is 0.793. The SMILES string of the molecule is C/C=C(/C)NC1C=CC(C(F)(F)F)=CC1CC. The maximum Gasteiger partial charge on any atom is 0.416 e. The minimum atomic E-state index is -4.25. The van der Waals surface area contributed by atoms with Crippen molar-refractivity contribution in [3.63, 3.8) is 0 Å². The summed E-state index contributed by atoms with van der Waals surface area (Å²) < 4.78 is 37.7. The lowest BCUT2D eigenvalue weighted by molar-refractivity contribution is -0.0890. The first-order chi connectivity index (χ1) is 7.88. The molecule has 0 saturated heterocycles. The molecule has 0 fully saturated rings. The molecular weight excluding hydrogens is 227 g/mol. The van der Waals surface area contributed by atoms with Crippen molar-refractivity contribution in [2.75, 3.05) is 0 Å². The average Bonchev–Trinajstić information content (AvgIpc) is 2.27. The van der Waals surface area contributed by atoms with Gasteiger partial charge in [-0.3, -0.25) is 0 Å². The summed E-state index contributed by atoms with van der Waals surface area (Å²) in [7, 11) is 0. The summed E-state index contributed by atoms with van der Waals surface area (Å²) >= 11 is 0. The number of hydrogen-bond donors (Lipinski definition) is 1.